The van der Waals surface area contributed by atoms with Gasteiger partial charge in [0, 0.05) is 73.7 Å². The number of fused-ring (bicyclic) bond motifs is 4. The van der Waals surface area contributed by atoms with Crippen LogP contribution in [0.15, 0.2) is 111 Å². The van der Waals surface area contributed by atoms with Crippen LogP contribution in [-0.4, -0.2) is 93.7 Å². The van der Waals surface area contributed by atoms with Crippen LogP contribution in [0.2, 0.25) is 0 Å². The van der Waals surface area contributed by atoms with Gasteiger partial charge in [0.2, 0.25) is 0 Å². The molecule has 13 nitrogen and oxygen atoms in total. The molecule has 13 aliphatic rings. The van der Waals surface area contributed by atoms with Crippen LogP contribution in [0.1, 0.15) is 129 Å². The van der Waals surface area contributed by atoms with Gasteiger partial charge in [-0.1, -0.05) is 90.1 Å². The Labute approximate surface area is 491 Å². The Kier molecular flexibility index (Phi) is 15.9. The van der Waals surface area contributed by atoms with Crippen molar-refractivity contribution in [2.45, 2.75) is 147 Å². The summed E-state index contributed by atoms with van der Waals surface area (Å²) in [5.74, 6) is 8.25. The summed E-state index contributed by atoms with van der Waals surface area (Å²) in [6.45, 7) is 5.13. The minimum Gasteiger partial charge on any atom is -0.427 e. The number of amides is 2. The number of carbonyl (C=O) groups excluding carboxylic acids is 4. The molecule has 15 heteroatoms. The fourth-order valence-corrected chi connectivity index (χ4v) is 21.0. The molecule has 1 aromatic rings. The van der Waals surface area contributed by atoms with E-state index >= 15 is 9.59 Å². The van der Waals surface area contributed by atoms with Crippen molar-refractivity contribution >= 4 is 45.3 Å². The summed E-state index contributed by atoms with van der Waals surface area (Å²) in [5, 5.41) is 44.5. The third kappa shape index (κ3) is 10.0. The van der Waals surface area contributed by atoms with Crippen molar-refractivity contribution in [2.24, 2.45) is 75.9 Å². The van der Waals surface area contributed by atoms with E-state index in [0.29, 0.717) is 68.3 Å². The van der Waals surface area contributed by atoms with Gasteiger partial charge in [-0.05, 0) is 184 Å². The lowest BCUT2D eigenvalue weighted by Crippen LogP contribution is -2.55. The number of nitrogens with zero attached hydrogens (tertiary/aromatic N) is 1. The zero-order chi connectivity index (χ0) is 56.4. The zero-order valence-electron chi connectivity index (χ0n) is 47.7. The van der Waals surface area contributed by atoms with E-state index in [1.165, 1.54) is 35.5 Å². The third-order valence-corrected chi connectivity index (χ3v) is 24.6. The molecule has 1 saturated heterocycles. The van der Waals surface area contributed by atoms with Gasteiger partial charge in [0.05, 0.1) is 40.3 Å². The first-order chi connectivity index (χ1) is 39.9. The molecule has 4 fully saturated rings. The van der Waals surface area contributed by atoms with E-state index in [9.17, 15) is 24.9 Å². The largest absolute Gasteiger partial charge is 0.427 e. The second-order valence-corrected chi connectivity index (χ2v) is 28.8. The zero-order valence-corrected chi connectivity index (χ0v) is 49.3. The Morgan fingerprint density at radius 1 is 0.890 bits per heavy atom. The average molecular weight is 1150 g/mol. The van der Waals surface area contributed by atoms with E-state index in [2.05, 4.69) is 52.9 Å². The first-order valence-corrected chi connectivity index (χ1v) is 33.6. The van der Waals surface area contributed by atoms with Gasteiger partial charge >= 0.3 is 11.9 Å². The Balaban J connectivity index is 0.955. The highest BCUT2D eigenvalue weighted by molar-refractivity contribution is 8.76. The van der Waals surface area contributed by atoms with Crippen LogP contribution in [0.4, 0.5) is 0 Å². The Morgan fingerprint density at radius 2 is 1.71 bits per heavy atom. The Morgan fingerprint density at radius 3 is 2.49 bits per heavy atom. The quantitative estimate of drug-likeness (QED) is 0.0503. The minimum absolute atomic E-state index is 0.0194. The molecule has 14 rings (SSSR count). The van der Waals surface area contributed by atoms with Crippen molar-refractivity contribution in [2.75, 3.05) is 32.1 Å². The van der Waals surface area contributed by atoms with Crippen molar-refractivity contribution in [1.29, 1.82) is 0 Å². The number of aliphatic hydroxyl groups is 3. The molecule has 6 N–H and O–H groups in total. The average Bonchev–Trinajstić information content (AvgIpc) is 1.41. The molecule has 82 heavy (non-hydrogen) atoms. The second kappa shape index (κ2) is 23.2. The number of dihydropyridines is 1. The Hall–Kier alpha value is -4.82. The standard InChI is InChI=1S/C67H82N4O9S2/c1-3-66(24-7-8-25-66)51-18-15-45-32-49-47-22-26-67(60(49)59-57(45)62(51)80-64(59)77)53-19-17-48(46-16-14-40-28-41(36-72)30-44(13-9-12-42(46)29-40)52(74)31-39-10-5-4-6-11-39)63(69-34-38(2)73)82-81-37-70-54-33-43(23-27-68-54)50(58(47)61(67)65(78)79-53)35-71-55(75)20-21-56(71)76/h4-6,10-11,19-21,23,33,38,40-42,44-50,52,60,63,68-70,72-74H,3,7-8,12,14-18,22,24-32,34-37H2,1-2H3/b53-19-/t38-,40-,41+,42-,44+,45-,46-,47-,48+,49-,50+,52+,60+,63-,67-/m0/s1. The number of hydrogen-bond acceptors (Lipinski definition) is 14. The number of imide groups is 1. The van der Waals surface area contributed by atoms with E-state index in [1.807, 2.05) is 37.3 Å². The predicted octanol–water partition coefficient (Wildman–Crippen LogP) is 9.46. The van der Waals surface area contributed by atoms with E-state index < -0.39 is 29.5 Å². The van der Waals surface area contributed by atoms with Crippen LogP contribution in [0, 0.1) is 87.8 Å². The van der Waals surface area contributed by atoms with Gasteiger partial charge in [-0.25, -0.2) is 9.59 Å². The number of aliphatic hydroxyl groups excluding tert-OH is 3. The number of carbonyl (C=O) groups is 4. The third-order valence-electron chi connectivity index (χ3n) is 22.1. The van der Waals surface area contributed by atoms with E-state index in [1.54, 1.807) is 21.6 Å². The van der Waals surface area contributed by atoms with Gasteiger partial charge in [-0.15, -0.1) is 5.92 Å². The summed E-state index contributed by atoms with van der Waals surface area (Å²) >= 11 is 0. The molecule has 1 aromatic carbocycles. The first-order valence-electron chi connectivity index (χ1n) is 31.2. The van der Waals surface area contributed by atoms with Crippen LogP contribution in [0.5, 0.6) is 0 Å². The highest BCUT2D eigenvalue weighted by Crippen LogP contribution is 2.73. The lowest BCUT2D eigenvalue weighted by Gasteiger charge is -2.58. The number of benzene rings is 1. The summed E-state index contributed by atoms with van der Waals surface area (Å²) in [5.41, 5.74) is 5.73. The smallest absolute Gasteiger partial charge is 0.340 e. The molecule has 5 aliphatic heterocycles. The van der Waals surface area contributed by atoms with Gasteiger partial charge in [-0.2, -0.15) is 0 Å². The Bertz CT molecular complexity index is 3010. The van der Waals surface area contributed by atoms with Crippen LogP contribution in [0.3, 0.4) is 0 Å². The fraction of sp³-hybridized carbons (Fsp3) is 0.612. The number of nitrogens with one attached hydrogen (secondary N) is 3. The summed E-state index contributed by atoms with van der Waals surface area (Å²) in [4.78, 5) is 59.6. The molecular formula is C67H82N4O9S2. The topological polar surface area (TPSA) is 187 Å². The predicted molar refractivity (Wildman–Crippen MR) is 316 cm³/mol. The first kappa shape index (κ1) is 56.3. The molecule has 8 aliphatic carbocycles. The maximum Gasteiger partial charge on any atom is 0.340 e. The van der Waals surface area contributed by atoms with Crippen molar-refractivity contribution in [3.05, 3.63) is 117 Å². The van der Waals surface area contributed by atoms with Gasteiger partial charge < -0.3 is 40.7 Å². The number of allylic oxidation sites excluding steroid dienone is 5. The van der Waals surface area contributed by atoms with Gasteiger partial charge in [0.15, 0.2) is 0 Å². The molecule has 0 radical (unpaired) electrons. The van der Waals surface area contributed by atoms with E-state index in [4.69, 9.17) is 9.47 Å². The van der Waals surface area contributed by atoms with Crippen LogP contribution in [0.25, 0.3) is 0 Å². The SMILES string of the molecule is CCC1(C2=C3OC(=O)C4=C3[C@@H](CC2)C[C@H]2[C@@H]3CC[C@@]5(C6=C3[C@H](CN3C(=O)C=CC3=O)C3=CCNC(=C3)NCSS[C@H](NC[C@H](C)O)[C@@H]([C@H]3CC[C@H]7C[C@@H](CO)C[C@H]([C@H](O)Cc8ccccc8)C#CC[C@H]3C7)C/C=C/5OC6=O)[C@@H]42)CCCC1. The van der Waals surface area contributed by atoms with Gasteiger partial charge in [0.25, 0.3) is 11.8 Å². The van der Waals surface area contributed by atoms with Gasteiger partial charge in [-0.3, -0.25) is 14.5 Å². The molecule has 5 heterocycles. The molecule has 436 valence electrons. The van der Waals surface area contributed by atoms with Gasteiger partial charge in [0.1, 0.15) is 11.5 Å². The van der Waals surface area contributed by atoms with Crippen LogP contribution in [-0.2, 0) is 35.1 Å². The number of hydrogen-bond donors (Lipinski definition) is 6. The van der Waals surface area contributed by atoms with Crippen molar-refractivity contribution in [3.8, 4) is 11.8 Å². The number of rotatable bonds is 12. The summed E-state index contributed by atoms with van der Waals surface area (Å²) in [6, 6.07) is 10.1. The number of ether oxygens (including phenoxy) is 2. The fourth-order valence-electron chi connectivity index (χ4n) is 18.5. The maximum absolute atomic E-state index is 15.7. The molecule has 3 saturated carbocycles. The highest BCUT2D eigenvalue weighted by Gasteiger charge is 2.70. The lowest BCUT2D eigenvalue weighted by atomic mass is 9.42. The van der Waals surface area contributed by atoms with Crippen molar-refractivity contribution < 1.29 is 44.0 Å². The normalized spacial score (nSPS) is 37.1. The second-order valence-electron chi connectivity index (χ2n) is 26.3. The molecule has 0 aromatic heterocycles. The van der Waals surface area contributed by atoms with Crippen LogP contribution < -0.4 is 16.0 Å². The van der Waals surface area contributed by atoms with Crippen molar-refractivity contribution in [3.63, 3.8) is 0 Å². The van der Waals surface area contributed by atoms with E-state index in [-0.39, 0.29) is 95.0 Å². The summed E-state index contributed by atoms with van der Waals surface area (Å²) < 4.78 is 13.7. The summed E-state index contributed by atoms with van der Waals surface area (Å²) in [7, 11) is 3.48. The van der Waals surface area contributed by atoms with Crippen LogP contribution >= 0.6 is 21.6 Å². The molecule has 9 bridgehead atoms. The maximum atomic E-state index is 15.7. The summed E-state index contributed by atoms with van der Waals surface area (Å²) in [6.07, 6.45) is 23.7. The molecular weight excluding hydrogens is 1070 g/mol. The monoisotopic (exact) mass is 1150 g/mol. The minimum atomic E-state index is -1.00. The van der Waals surface area contributed by atoms with E-state index in [0.717, 1.165) is 110 Å². The molecule has 0 unspecified atom stereocenters. The molecule has 1 spiro atoms. The number of esters is 2. The highest BCUT2D eigenvalue weighted by atomic mass is 33.1. The lowest BCUT2D eigenvalue weighted by molar-refractivity contribution is -0.138. The molecule has 15 atom stereocenters. The molecule has 2 amide bonds. The van der Waals surface area contributed by atoms with Crippen molar-refractivity contribution in [1.82, 2.24) is 20.9 Å².